The van der Waals surface area contributed by atoms with E-state index in [1.54, 1.807) is 0 Å². The Labute approximate surface area is 99.9 Å². The van der Waals surface area contributed by atoms with Gasteiger partial charge in [-0.25, -0.2) is 0 Å². The van der Waals surface area contributed by atoms with Crippen LogP contribution in [0.3, 0.4) is 0 Å². The number of unbranched alkanes of at least 4 members (excludes halogenated alkanes) is 3. The maximum Gasteiger partial charge on any atom is 0.243 e. The summed E-state index contributed by atoms with van der Waals surface area (Å²) in [7, 11) is 0. The molecule has 0 spiro atoms. The third-order valence-electron chi connectivity index (χ3n) is 2.78. The van der Waals surface area contributed by atoms with Crippen LogP contribution in [0, 0.1) is 0 Å². The van der Waals surface area contributed by atoms with Crippen molar-refractivity contribution in [1.29, 1.82) is 0 Å². The summed E-state index contributed by atoms with van der Waals surface area (Å²) in [5, 5.41) is 2.79. The molecule has 0 saturated carbocycles. The fourth-order valence-corrected chi connectivity index (χ4v) is 1.64. The summed E-state index contributed by atoms with van der Waals surface area (Å²) in [4.78, 5) is 13.3. The smallest absolute Gasteiger partial charge is 0.243 e. The van der Waals surface area contributed by atoms with Crippen molar-refractivity contribution in [2.75, 3.05) is 26.2 Å². The van der Waals surface area contributed by atoms with Gasteiger partial charge in [0.05, 0.1) is 0 Å². The second kappa shape index (κ2) is 10.7. The first-order valence-corrected chi connectivity index (χ1v) is 6.37. The Kier molecular flexibility index (Phi) is 10.1. The summed E-state index contributed by atoms with van der Waals surface area (Å²) >= 11 is 0. The Balaban J connectivity index is 3.21. The molecule has 1 N–H and O–H groups in total. The van der Waals surface area contributed by atoms with E-state index in [1.165, 1.54) is 31.9 Å². The molecule has 1 amide bonds. The fraction of sp³-hybridized carbons (Fsp3) is 0.769. The summed E-state index contributed by atoms with van der Waals surface area (Å²) in [6.07, 6.45) is 6.09. The summed E-state index contributed by atoms with van der Waals surface area (Å²) in [6, 6.07) is 0. The predicted octanol–water partition coefficient (Wildman–Crippen LogP) is 2.19. The van der Waals surface area contributed by atoms with Gasteiger partial charge in [0.25, 0.3) is 0 Å². The summed E-state index contributed by atoms with van der Waals surface area (Å²) in [5.41, 5.74) is 0. The first kappa shape index (κ1) is 15.2. The number of hydrogen-bond donors (Lipinski definition) is 1. The van der Waals surface area contributed by atoms with Crippen LogP contribution in [0.2, 0.25) is 0 Å². The zero-order valence-corrected chi connectivity index (χ0v) is 10.8. The Morgan fingerprint density at radius 2 is 1.81 bits per heavy atom. The molecular formula is C13H26N2O. The van der Waals surface area contributed by atoms with E-state index in [4.69, 9.17) is 0 Å². The lowest BCUT2D eigenvalue weighted by molar-refractivity contribution is -0.116. The van der Waals surface area contributed by atoms with Crippen LogP contribution in [0.5, 0.6) is 0 Å². The highest BCUT2D eigenvalue weighted by Crippen LogP contribution is 2.01. The Hall–Kier alpha value is -0.830. The zero-order chi connectivity index (χ0) is 12.2. The van der Waals surface area contributed by atoms with Crippen LogP contribution in [0.25, 0.3) is 0 Å². The third kappa shape index (κ3) is 8.48. The first-order chi connectivity index (χ1) is 7.74. The normalized spacial score (nSPS) is 10.4. The molecule has 0 rings (SSSR count). The Morgan fingerprint density at radius 3 is 2.38 bits per heavy atom. The van der Waals surface area contributed by atoms with Crippen LogP contribution in [0.1, 0.15) is 39.5 Å². The monoisotopic (exact) mass is 226 g/mol. The van der Waals surface area contributed by atoms with Gasteiger partial charge >= 0.3 is 0 Å². The summed E-state index contributed by atoms with van der Waals surface area (Å²) < 4.78 is 0. The fourth-order valence-electron chi connectivity index (χ4n) is 1.64. The molecule has 0 aromatic rings. The van der Waals surface area contributed by atoms with Crippen molar-refractivity contribution in [2.45, 2.75) is 39.5 Å². The molecule has 0 fully saturated rings. The topological polar surface area (TPSA) is 32.3 Å². The molecule has 0 saturated heterocycles. The second-order valence-electron chi connectivity index (χ2n) is 3.94. The second-order valence-corrected chi connectivity index (χ2v) is 3.94. The minimum atomic E-state index is -0.0665. The average molecular weight is 226 g/mol. The molecule has 3 heteroatoms. The highest BCUT2D eigenvalue weighted by Gasteiger charge is 1.98. The van der Waals surface area contributed by atoms with Crippen LogP contribution in [0.4, 0.5) is 0 Å². The number of carbonyl (C=O) groups excluding carboxylic acids is 1. The van der Waals surface area contributed by atoms with Crippen LogP contribution in [0.15, 0.2) is 12.7 Å². The van der Waals surface area contributed by atoms with Gasteiger partial charge in [-0.15, -0.1) is 0 Å². The van der Waals surface area contributed by atoms with Crippen LogP contribution < -0.4 is 5.32 Å². The lowest BCUT2D eigenvalue weighted by Crippen LogP contribution is -2.24. The van der Waals surface area contributed by atoms with Crippen LogP contribution in [-0.4, -0.2) is 37.0 Å². The van der Waals surface area contributed by atoms with Gasteiger partial charge < -0.3 is 10.2 Å². The van der Waals surface area contributed by atoms with Crippen LogP contribution >= 0.6 is 0 Å². The molecule has 3 nitrogen and oxygen atoms in total. The molecule has 0 aromatic carbocycles. The third-order valence-corrected chi connectivity index (χ3v) is 2.78. The number of rotatable bonds is 10. The van der Waals surface area contributed by atoms with Crippen molar-refractivity contribution in [3.8, 4) is 0 Å². The number of carbonyl (C=O) groups is 1. The van der Waals surface area contributed by atoms with Gasteiger partial charge in [0.2, 0.25) is 5.91 Å². The van der Waals surface area contributed by atoms with Crippen molar-refractivity contribution >= 4 is 5.91 Å². The van der Waals surface area contributed by atoms with Gasteiger partial charge in [-0.2, -0.15) is 0 Å². The van der Waals surface area contributed by atoms with E-state index in [-0.39, 0.29) is 5.91 Å². The zero-order valence-electron chi connectivity index (χ0n) is 10.8. The highest BCUT2D eigenvalue weighted by atomic mass is 16.1. The molecule has 0 atom stereocenters. The SMILES string of the molecule is C=CC(=O)NCCCCCCN(CC)CC. The van der Waals surface area contributed by atoms with Crippen molar-refractivity contribution in [3.63, 3.8) is 0 Å². The average Bonchev–Trinajstić information content (AvgIpc) is 2.32. The molecule has 0 heterocycles. The largest absolute Gasteiger partial charge is 0.353 e. The van der Waals surface area contributed by atoms with E-state index >= 15 is 0 Å². The van der Waals surface area contributed by atoms with E-state index in [0.717, 1.165) is 26.1 Å². The van der Waals surface area contributed by atoms with Crippen molar-refractivity contribution in [3.05, 3.63) is 12.7 Å². The lowest BCUT2D eigenvalue weighted by atomic mass is 10.2. The van der Waals surface area contributed by atoms with Crippen molar-refractivity contribution in [1.82, 2.24) is 10.2 Å². The van der Waals surface area contributed by atoms with E-state index in [9.17, 15) is 4.79 Å². The molecule has 0 aliphatic rings. The van der Waals surface area contributed by atoms with Gasteiger partial charge in [-0.3, -0.25) is 4.79 Å². The maximum atomic E-state index is 10.8. The number of hydrogen-bond acceptors (Lipinski definition) is 2. The predicted molar refractivity (Wildman–Crippen MR) is 69.5 cm³/mol. The number of nitrogens with zero attached hydrogens (tertiary/aromatic N) is 1. The maximum absolute atomic E-state index is 10.8. The molecule has 0 aliphatic carbocycles. The lowest BCUT2D eigenvalue weighted by Gasteiger charge is -2.17. The van der Waals surface area contributed by atoms with Gasteiger partial charge in [-0.1, -0.05) is 33.3 Å². The van der Waals surface area contributed by atoms with Crippen molar-refractivity contribution < 1.29 is 4.79 Å². The first-order valence-electron chi connectivity index (χ1n) is 6.37. The van der Waals surface area contributed by atoms with E-state index in [1.807, 2.05) is 0 Å². The van der Waals surface area contributed by atoms with Gasteiger partial charge in [0, 0.05) is 6.54 Å². The van der Waals surface area contributed by atoms with E-state index < -0.39 is 0 Å². The molecule has 0 radical (unpaired) electrons. The molecule has 0 unspecified atom stereocenters. The molecule has 16 heavy (non-hydrogen) atoms. The molecule has 0 bridgehead atoms. The number of nitrogens with one attached hydrogen (secondary N) is 1. The molecule has 0 aliphatic heterocycles. The minimum Gasteiger partial charge on any atom is -0.353 e. The molecule has 0 aromatic heterocycles. The van der Waals surface area contributed by atoms with Gasteiger partial charge in [-0.05, 0) is 38.6 Å². The molecule has 94 valence electrons. The highest BCUT2D eigenvalue weighted by molar-refractivity contribution is 5.86. The van der Waals surface area contributed by atoms with Gasteiger partial charge in [0.1, 0.15) is 0 Å². The van der Waals surface area contributed by atoms with E-state index in [0.29, 0.717) is 0 Å². The van der Waals surface area contributed by atoms with Crippen LogP contribution in [-0.2, 0) is 4.79 Å². The quantitative estimate of drug-likeness (QED) is 0.457. The number of amides is 1. The van der Waals surface area contributed by atoms with E-state index in [2.05, 4.69) is 30.6 Å². The summed E-state index contributed by atoms with van der Waals surface area (Å²) in [5.74, 6) is -0.0665. The van der Waals surface area contributed by atoms with Gasteiger partial charge in [0.15, 0.2) is 0 Å². The summed E-state index contributed by atoms with van der Waals surface area (Å²) in [6.45, 7) is 12.1. The molecular weight excluding hydrogens is 200 g/mol. The Morgan fingerprint density at radius 1 is 1.19 bits per heavy atom. The minimum absolute atomic E-state index is 0.0665. The Bertz CT molecular complexity index is 188. The van der Waals surface area contributed by atoms with Crippen molar-refractivity contribution in [2.24, 2.45) is 0 Å². The standard InChI is InChI=1S/C13H26N2O/c1-4-13(16)14-11-9-7-8-10-12-15(5-2)6-3/h4H,1,5-12H2,2-3H3,(H,14,16).